The third-order valence-electron chi connectivity index (χ3n) is 3.19. The van der Waals surface area contributed by atoms with E-state index in [0.717, 1.165) is 12.0 Å². The molecule has 0 bridgehead atoms. The van der Waals surface area contributed by atoms with Crippen LogP contribution >= 0.6 is 15.9 Å². The molecule has 0 spiro atoms. The summed E-state index contributed by atoms with van der Waals surface area (Å²) in [6.07, 6.45) is 8.68. The molecular formula is C16H24BrFO. The van der Waals surface area contributed by atoms with Gasteiger partial charge in [0, 0.05) is 10.9 Å². The van der Waals surface area contributed by atoms with E-state index in [1.54, 1.807) is 6.07 Å². The SMILES string of the molecule is CCCCCCCCCOc1c(F)cccc1CBr. The van der Waals surface area contributed by atoms with Crippen molar-refractivity contribution >= 4 is 15.9 Å². The van der Waals surface area contributed by atoms with Gasteiger partial charge in [0.2, 0.25) is 0 Å². The van der Waals surface area contributed by atoms with Crippen molar-refractivity contribution in [3.8, 4) is 5.75 Å². The molecule has 0 atom stereocenters. The highest BCUT2D eigenvalue weighted by molar-refractivity contribution is 9.08. The zero-order valence-electron chi connectivity index (χ0n) is 11.8. The third-order valence-corrected chi connectivity index (χ3v) is 3.79. The molecule has 0 aliphatic heterocycles. The molecule has 1 aromatic carbocycles. The van der Waals surface area contributed by atoms with Crippen LogP contribution in [-0.4, -0.2) is 6.61 Å². The molecule has 0 fully saturated rings. The second-order valence-corrected chi connectivity index (χ2v) is 5.39. The maximum atomic E-state index is 13.6. The number of hydrogen-bond donors (Lipinski definition) is 0. The van der Waals surface area contributed by atoms with Gasteiger partial charge >= 0.3 is 0 Å². The molecule has 0 radical (unpaired) electrons. The lowest BCUT2D eigenvalue weighted by Crippen LogP contribution is -2.01. The van der Waals surface area contributed by atoms with Gasteiger partial charge in [-0.3, -0.25) is 0 Å². The fourth-order valence-electron chi connectivity index (χ4n) is 2.05. The number of alkyl halides is 1. The lowest BCUT2D eigenvalue weighted by atomic mass is 10.1. The summed E-state index contributed by atoms with van der Waals surface area (Å²) < 4.78 is 19.2. The Morgan fingerprint density at radius 1 is 1.05 bits per heavy atom. The summed E-state index contributed by atoms with van der Waals surface area (Å²) in [5.74, 6) is 0.144. The minimum atomic E-state index is -0.264. The minimum absolute atomic E-state index is 0.264. The smallest absolute Gasteiger partial charge is 0.165 e. The molecule has 0 aromatic heterocycles. The molecule has 3 heteroatoms. The van der Waals surface area contributed by atoms with Crippen LogP contribution < -0.4 is 4.74 Å². The number of benzene rings is 1. The molecule has 0 amide bonds. The molecule has 1 nitrogen and oxygen atoms in total. The second-order valence-electron chi connectivity index (χ2n) is 4.83. The summed E-state index contributed by atoms with van der Waals surface area (Å²) in [4.78, 5) is 0. The molecule has 0 aliphatic rings. The number of unbranched alkanes of at least 4 members (excludes halogenated alkanes) is 6. The summed E-state index contributed by atoms with van der Waals surface area (Å²) in [5.41, 5.74) is 0.878. The van der Waals surface area contributed by atoms with Crippen molar-refractivity contribution in [1.29, 1.82) is 0 Å². The predicted octanol–water partition coefficient (Wildman–Crippen LogP) is 5.85. The maximum absolute atomic E-state index is 13.6. The Kier molecular flexibility index (Phi) is 8.89. The van der Waals surface area contributed by atoms with Gasteiger partial charge in [0.05, 0.1) is 6.61 Å². The topological polar surface area (TPSA) is 9.23 Å². The molecule has 1 aromatic rings. The Balaban J connectivity index is 2.19. The van der Waals surface area contributed by atoms with Crippen molar-refractivity contribution in [2.75, 3.05) is 6.61 Å². The van der Waals surface area contributed by atoms with E-state index in [1.165, 1.54) is 44.6 Å². The van der Waals surface area contributed by atoms with Crippen LogP contribution in [0.4, 0.5) is 4.39 Å². The number of rotatable bonds is 10. The van der Waals surface area contributed by atoms with Crippen molar-refractivity contribution in [3.05, 3.63) is 29.6 Å². The normalized spacial score (nSPS) is 10.7. The Morgan fingerprint density at radius 2 is 1.74 bits per heavy atom. The Hall–Kier alpha value is -0.570. The zero-order chi connectivity index (χ0) is 13.9. The molecule has 0 heterocycles. The van der Waals surface area contributed by atoms with Gasteiger partial charge < -0.3 is 4.74 Å². The molecule has 0 N–H and O–H groups in total. The fraction of sp³-hybridized carbons (Fsp3) is 0.625. The standard InChI is InChI=1S/C16H24BrFO/c1-2-3-4-5-6-7-8-12-19-16-14(13-17)10-9-11-15(16)18/h9-11H,2-8,12-13H2,1H3. The average Bonchev–Trinajstić information content (AvgIpc) is 2.43. The first-order chi connectivity index (χ1) is 9.29. The Bertz CT molecular complexity index is 355. The average molecular weight is 331 g/mol. The molecule has 0 saturated carbocycles. The van der Waals surface area contributed by atoms with E-state index in [-0.39, 0.29) is 5.82 Å². The summed E-state index contributed by atoms with van der Waals surface area (Å²) >= 11 is 3.35. The van der Waals surface area contributed by atoms with E-state index in [9.17, 15) is 4.39 Å². The summed E-state index contributed by atoms with van der Waals surface area (Å²) in [5, 5.41) is 0.622. The lowest BCUT2D eigenvalue weighted by molar-refractivity contribution is 0.288. The summed E-state index contributed by atoms with van der Waals surface area (Å²) in [6.45, 7) is 2.83. The first-order valence-electron chi connectivity index (χ1n) is 7.25. The van der Waals surface area contributed by atoms with Crippen LogP contribution in [0.2, 0.25) is 0 Å². The van der Waals surface area contributed by atoms with Gasteiger partial charge in [0.1, 0.15) is 0 Å². The maximum Gasteiger partial charge on any atom is 0.165 e. The first kappa shape index (κ1) is 16.5. The van der Waals surface area contributed by atoms with Gasteiger partial charge in [0.15, 0.2) is 11.6 Å². The van der Waals surface area contributed by atoms with Crippen LogP contribution in [0.15, 0.2) is 18.2 Å². The minimum Gasteiger partial charge on any atom is -0.490 e. The molecule has 0 saturated heterocycles. The van der Waals surface area contributed by atoms with Gasteiger partial charge in [-0.1, -0.05) is 73.5 Å². The third kappa shape index (κ3) is 6.42. The second kappa shape index (κ2) is 10.2. The predicted molar refractivity (Wildman–Crippen MR) is 82.5 cm³/mol. The number of para-hydroxylation sites is 1. The van der Waals surface area contributed by atoms with Crippen molar-refractivity contribution in [1.82, 2.24) is 0 Å². The molecular weight excluding hydrogens is 307 g/mol. The summed E-state index contributed by atoms with van der Waals surface area (Å²) in [6, 6.07) is 5.05. The zero-order valence-corrected chi connectivity index (χ0v) is 13.3. The van der Waals surface area contributed by atoms with Crippen molar-refractivity contribution < 1.29 is 9.13 Å². The van der Waals surface area contributed by atoms with E-state index in [1.807, 2.05) is 6.07 Å². The van der Waals surface area contributed by atoms with Gasteiger partial charge in [-0.05, 0) is 12.5 Å². The van der Waals surface area contributed by atoms with E-state index < -0.39 is 0 Å². The number of halogens is 2. The quantitative estimate of drug-likeness (QED) is 0.386. The van der Waals surface area contributed by atoms with Gasteiger partial charge in [-0.2, -0.15) is 0 Å². The Labute approximate surface area is 124 Å². The van der Waals surface area contributed by atoms with Gasteiger partial charge in [-0.25, -0.2) is 4.39 Å². The van der Waals surface area contributed by atoms with Crippen molar-refractivity contribution in [3.63, 3.8) is 0 Å². The van der Waals surface area contributed by atoms with Crippen LogP contribution in [0.25, 0.3) is 0 Å². The van der Waals surface area contributed by atoms with Gasteiger partial charge in [0.25, 0.3) is 0 Å². The number of ether oxygens (including phenoxy) is 1. The molecule has 1 rings (SSSR count). The largest absolute Gasteiger partial charge is 0.490 e. The van der Waals surface area contributed by atoms with Crippen molar-refractivity contribution in [2.24, 2.45) is 0 Å². The highest BCUT2D eigenvalue weighted by Gasteiger charge is 2.08. The first-order valence-corrected chi connectivity index (χ1v) is 8.38. The van der Waals surface area contributed by atoms with Crippen molar-refractivity contribution in [2.45, 2.75) is 57.2 Å². The lowest BCUT2D eigenvalue weighted by Gasteiger charge is -2.10. The van der Waals surface area contributed by atoms with Crippen LogP contribution in [0.1, 0.15) is 57.4 Å². The molecule has 19 heavy (non-hydrogen) atoms. The van der Waals surface area contributed by atoms with Crippen LogP contribution in [-0.2, 0) is 5.33 Å². The van der Waals surface area contributed by atoms with E-state index in [4.69, 9.17) is 4.74 Å². The monoisotopic (exact) mass is 330 g/mol. The molecule has 108 valence electrons. The summed E-state index contributed by atoms with van der Waals surface area (Å²) in [7, 11) is 0. The van der Waals surface area contributed by atoms with Gasteiger partial charge in [-0.15, -0.1) is 0 Å². The molecule has 0 unspecified atom stereocenters. The highest BCUT2D eigenvalue weighted by Crippen LogP contribution is 2.25. The number of hydrogen-bond acceptors (Lipinski definition) is 1. The van der Waals surface area contributed by atoms with E-state index in [2.05, 4.69) is 22.9 Å². The molecule has 0 aliphatic carbocycles. The van der Waals surface area contributed by atoms with Crippen LogP contribution in [0.5, 0.6) is 5.75 Å². The van der Waals surface area contributed by atoms with E-state index in [0.29, 0.717) is 17.7 Å². The Morgan fingerprint density at radius 3 is 2.42 bits per heavy atom. The van der Waals surface area contributed by atoms with Crippen LogP contribution in [0.3, 0.4) is 0 Å². The highest BCUT2D eigenvalue weighted by atomic mass is 79.9. The fourth-order valence-corrected chi connectivity index (χ4v) is 2.50. The van der Waals surface area contributed by atoms with E-state index >= 15 is 0 Å². The van der Waals surface area contributed by atoms with Crippen LogP contribution in [0, 0.1) is 5.82 Å².